The number of aryl methyl sites for hydroxylation is 1. The summed E-state index contributed by atoms with van der Waals surface area (Å²) in [5.41, 5.74) is 4.06. The Balaban J connectivity index is 1.54. The molecule has 1 atom stereocenters. The van der Waals surface area contributed by atoms with Crippen molar-refractivity contribution in [3.8, 4) is 16.4 Å². The van der Waals surface area contributed by atoms with Gasteiger partial charge in [0.2, 0.25) is 0 Å². The summed E-state index contributed by atoms with van der Waals surface area (Å²) < 4.78 is 2.12. The van der Waals surface area contributed by atoms with Crippen molar-refractivity contribution in [2.24, 2.45) is 0 Å². The number of carbonyl (C=O) groups excluding carboxylic acids is 1. The average molecular weight is 463 g/mol. The fourth-order valence-corrected chi connectivity index (χ4v) is 4.84. The van der Waals surface area contributed by atoms with Crippen LogP contribution in [0, 0.1) is 6.92 Å². The van der Waals surface area contributed by atoms with Gasteiger partial charge in [0, 0.05) is 17.4 Å². The summed E-state index contributed by atoms with van der Waals surface area (Å²) in [6.45, 7) is 6.16. The summed E-state index contributed by atoms with van der Waals surface area (Å²) in [6, 6.07) is 20.4. The van der Waals surface area contributed by atoms with Crippen LogP contribution in [0.1, 0.15) is 41.8 Å². The highest BCUT2D eigenvalue weighted by Gasteiger charge is 2.17. The second kappa shape index (κ2) is 10.1. The van der Waals surface area contributed by atoms with Gasteiger partial charge in [-0.25, -0.2) is 0 Å². The fraction of sp³-hybridized carbons (Fsp3) is 0.240. The Morgan fingerprint density at radius 2 is 1.94 bits per heavy atom. The number of thiophene rings is 1. The zero-order chi connectivity index (χ0) is 22.5. The summed E-state index contributed by atoms with van der Waals surface area (Å²) in [6.07, 6.45) is 0.912. The molecule has 5 nitrogen and oxygen atoms in total. The fourth-order valence-electron chi connectivity index (χ4n) is 3.24. The normalized spacial score (nSPS) is 12.0. The number of carbonyl (C=O) groups is 1. The van der Waals surface area contributed by atoms with Crippen LogP contribution in [0.25, 0.3) is 16.4 Å². The Hall–Kier alpha value is -2.90. The third kappa shape index (κ3) is 5.11. The van der Waals surface area contributed by atoms with Crippen LogP contribution >= 0.6 is 23.1 Å². The zero-order valence-corrected chi connectivity index (χ0v) is 20.0. The molecular formula is C25H26N4OS2. The molecule has 0 fully saturated rings. The van der Waals surface area contributed by atoms with Gasteiger partial charge in [-0.2, -0.15) is 0 Å². The predicted molar refractivity (Wildman–Crippen MR) is 133 cm³/mol. The maximum Gasteiger partial charge on any atom is 0.251 e. The van der Waals surface area contributed by atoms with Gasteiger partial charge in [-0.15, -0.1) is 21.5 Å². The lowest BCUT2D eigenvalue weighted by molar-refractivity contribution is 0.0939. The topological polar surface area (TPSA) is 59.8 Å². The van der Waals surface area contributed by atoms with Crippen molar-refractivity contribution in [2.45, 2.75) is 44.1 Å². The summed E-state index contributed by atoms with van der Waals surface area (Å²) in [5.74, 6) is 1.56. The molecule has 4 aromatic rings. The number of thioether (sulfide) groups is 1. The van der Waals surface area contributed by atoms with Gasteiger partial charge in [-0.1, -0.05) is 49.0 Å². The van der Waals surface area contributed by atoms with Crippen molar-refractivity contribution in [3.05, 3.63) is 82.7 Å². The Bertz CT molecular complexity index is 1180. The number of hydrogen-bond donors (Lipinski definition) is 1. The van der Waals surface area contributed by atoms with E-state index in [0.29, 0.717) is 5.56 Å². The molecule has 7 heteroatoms. The first-order chi connectivity index (χ1) is 15.5. The van der Waals surface area contributed by atoms with E-state index in [2.05, 4.69) is 69.6 Å². The van der Waals surface area contributed by atoms with Crippen LogP contribution in [0.2, 0.25) is 0 Å². The van der Waals surface area contributed by atoms with Crippen LogP contribution in [0.3, 0.4) is 0 Å². The second-order valence-electron chi connectivity index (χ2n) is 7.73. The average Bonchev–Trinajstić information content (AvgIpc) is 3.47. The molecule has 164 valence electrons. The molecule has 2 heterocycles. The van der Waals surface area contributed by atoms with Crippen LogP contribution in [0.4, 0.5) is 0 Å². The summed E-state index contributed by atoms with van der Waals surface area (Å²) >= 11 is 3.30. The molecular weight excluding hydrogens is 436 g/mol. The Labute approximate surface area is 196 Å². The van der Waals surface area contributed by atoms with E-state index in [1.807, 2.05) is 37.3 Å². The lowest BCUT2D eigenvalue weighted by atomic mass is 10.1. The van der Waals surface area contributed by atoms with E-state index in [4.69, 9.17) is 0 Å². The molecule has 2 aromatic heterocycles. The highest BCUT2D eigenvalue weighted by Crippen LogP contribution is 2.32. The highest BCUT2D eigenvalue weighted by molar-refractivity contribution is 7.98. The van der Waals surface area contributed by atoms with E-state index in [1.54, 1.807) is 23.1 Å². The van der Waals surface area contributed by atoms with Gasteiger partial charge in [0.1, 0.15) is 0 Å². The molecule has 2 aromatic carbocycles. The quantitative estimate of drug-likeness (QED) is 0.320. The van der Waals surface area contributed by atoms with Crippen LogP contribution < -0.4 is 5.32 Å². The van der Waals surface area contributed by atoms with Crippen molar-refractivity contribution in [1.29, 1.82) is 0 Å². The highest BCUT2D eigenvalue weighted by atomic mass is 32.2. The monoisotopic (exact) mass is 462 g/mol. The van der Waals surface area contributed by atoms with Crippen molar-refractivity contribution >= 4 is 29.0 Å². The molecule has 0 radical (unpaired) electrons. The molecule has 1 amide bonds. The standard InChI is InChI=1S/C25H26N4OS2/c1-4-18(3)26-24(30)20-12-10-19(11-13-20)16-32-25-28-27-23(22-9-6-14-31-22)29(25)21-8-5-7-17(2)15-21/h5-15,18H,4,16H2,1-3H3,(H,26,30). The number of benzene rings is 2. The minimum absolute atomic E-state index is 0.0293. The van der Waals surface area contributed by atoms with Gasteiger partial charge in [-0.05, 0) is 67.1 Å². The molecule has 0 aliphatic carbocycles. The van der Waals surface area contributed by atoms with Gasteiger partial charge in [0.25, 0.3) is 5.91 Å². The molecule has 1 N–H and O–H groups in total. The lowest BCUT2D eigenvalue weighted by Gasteiger charge is -2.12. The SMILES string of the molecule is CCC(C)NC(=O)c1ccc(CSc2nnc(-c3cccs3)n2-c2cccc(C)c2)cc1. The number of rotatable bonds is 8. The molecule has 0 aliphatic rings. The largest absolute Gasteiger partial charge is 0.350 e. The predicted octanol–water partition coefficient (Wildman–Crippen LogP) is 6.12. The number of hydrogen-bond acceptors (Lipinski definition) is 5. The number of aromatic nitrogens is 3. The molecule has 0 spiro atoms. The number of amides is 1. The summed E-state index contributed by atoms with van der Waals surface area (Å²) in [5, 5.41) is 14.9. The van der Waals surface area contributed by atoms with Crippen LogP contribution in [0.15, 0.2) is 71.2 Å². The number of nitrogens with one attached hydrogen (secondary N) is 1. The molecule has 0 bridgehead atoms. The second-order valence-corrected chi connectivity index (χ2v) is 9.62. The molecule has 0 aliphatic heterocycles. The van der Waals surface area contributed by atoms with Crippen molar-refractivity contribution < 1.29 is 4.79 Å². The smallest absolute Gasteiger partial charge is 0.251 e. The summed E-state index contributed by atoms with van der Waals surface area (Å²) in [7, 11) is 0. The molecule has 0 saturated carbocycles. The van der Waals surface area contributed by atoms with E-state index < -0.39 is 0 Å². The molecule has 4 rings (SSSR count). The minimum atomic E-state index is -0.0293. The number of nitrogens with zero attached hydrogens (tertiary/aromatic N) is 3. The minimum Gasteiger partial charge on any atom is -0.350 e. The lowest BCUT2D eigenvalue weighted by Crippen LogP contribution is -2.31. The van der Waals surface area contributed by atoms with Gasteiger partial charge in [-0.3, -0.25) is 9.36 Å². The van der Waals surface area contributed by atoms with Crippen molar-refractivity contribution in [1.82, 2.24) is 20.1 Å². The van der Waals surface area contributed by atoms with E-state index in [-0.39, 0.29) is 11.9 Å². The van der Waals surface area contributed by atoms with Gasteiger partial charge in [0.15, 0.2) is 11.0 Å². The molecule has 32 heavy (non-hydrogen) atoms. The van der Waals surface area contributed by atoms with Gasteiger partial charge < -0.3 is 5.32 Å². The third-order valence-corrected chi connectivity index (χ3v) is 7.07. The van der Waals surface area contributed by atoms with Crippen LogP contribution in [0.5, 0.6) is 0 Å². The maximum atomic E-state index is 12.3. The zero-order valence-electron chi connectivity index (χ0n) is 18.4. The molecule has 0 saturated heterocycles. The van der Waals surface area contributed by atoms with E-state index >= 15 is 0 Å². The van der Waals surface area contributed by atoms with Crippen molar-refractivity contribution in [2.75, 3.05) is 0 Å². The van der Waals surface area contributed by atoms with E-state index in [1.165, 1.54) is 5.56 Å². The first kappa shape index (κ1) is 22.3. The van der Waals surface area contributed by atoms with Crippen LogP contribution in [-0.4, -0.2) is 26.7 Å². The third-order valence-electron chi connectivity index (χ3n) is 5.21. The Morgan fingerprint density at radius 3 is 2.62 bits per heavy atom. The first-order valence-corrected chi connectivity index (χ1v) is 12.5. The van der Waals surface area contributed by atoms with Gasteiger partial charge >= 0.3 is 0 Å². The van der Waals surface area contributed by atoms with Crippen molar-refractivity contribution in [3.63, 3.8) is 0 Å². The molecule has 1 unspecified atom stereocenters. The van der Waals surface area contributed by atoms with E-state index in [0.717, 1.165) is 39.3 Å². The van der Waals surface area contributed by atoms with Crippen LogP contribution in [-0.2, 0) is 5.75 Å². The Kier molecular flexibility index (Phi) is 7.07. The summed E-state index contributed by atoms with van der Waals surface area (Å²) in [4.78, 5) is 13.4. The van der Waals surface area contributed by atoms with E-state index in [9.17, 15) is 4.79 Å². The maximum absolute atomic E-state index is 12.3. The van der Waals surface area contributed by atoms with Gasteiger partial charge in [0.05, 0.1) is 10.6 Å². The Morgan fingerprint density at radius 1 is 1.12 bits per heavy atom. The first-order valence-electron chi connectivity index (χ1n) is 10.6.